The Morgan fingerprint density at radius 3 is 2.67 bits per heavy atom. The van der Waals surface area contributed by atoms with E-state index in [9.17, 15) is 4.39 Å². The van der Waals surface area contributed by atoms with Crippen molar-refractivity contribution >= 4 is 15.9 Å². The van der Waals surface area contributed by atoms with Gasteiger partial charge in [-0.05, 0) is 25.1 Å². The largest absolute Gasteiger partial charge is 0.457 e. The van der Waals surface area contributed by atoms with Gasteiger partial charge in [-0.3, -0.25) is 0 Å². The van der Waals surface area contributed by atoms with Crippen molar-refractivity contribution < 1.29 is 9.13 Å². The fourth-order valence-electron chi connectivity index (χ4n) is 1.68. The lowest BCUT2D eigenvalue weighted by atomic mass is 10.1. The SMILES string of the molecule is Cc1ccc(Oc2cc(F)cc(Br)c2)c(CN)c1. The molecule has 4 heteroatoms. The Hall–Kier alpha value is -1.39. The highest BCUT2D eigenvalue weighted by Gasteiger charge is 2.06. The summed E-state index contributed by atoms with van der Waals surface area (Å²) in [4.78, 5) is 0. The fourth-order valence-corrected chi connectivity index (χ4v) is 2.13. The fraction of sp³-hybridized carbons (Fsp3) is 0.143. The van der Waals surface area contributed by atoms with Crippen LogP contribution in [0.25, 0.3) is 0 Å². The van der Waals surface area contributed by atoms with E-state index in [-0.39, 0.29) is 5.82 Å². The summed E-state index contributed by atoms with van der Waals surface area (Å²) in [5.74, 6) is 0.752. The first-order valence-electron chi connectivity index (χ1n) is 5.52. The molecule has 0 heterocycles. The summed E-state index contributed by atoms with van der Waals surface area (Å²) < 4.78 is 19.5. The van der Waals surface area contributed by atoms with Crippen LogP contribution in [-0.2, 0) is 6.54 Å². The summed E-state index contributed by atoms with van der Waals surface area (Å²) in [7, 11) is 0. The van der Waals surface area contributed by atoms with Crippen LogP contribution in [0.1, 0.15) is 11.1 Å². The Bertz CT molecular complexity index is 551. The normalized spacial score (nSPS) is 10.4. The second kappa shape index (κ2) is 5.50. The van der Waals surface area contributed by atoms with Crippen LogP contribution in [-0.4, -0.2) is 0 Å². The van der Waals surface area contributed by atoms with E-state index in [0.29, 0.717) is 22.5 Å². The molecule has 0 bridgehead atoms. The monoisotopic (exact) mass is 309 g/mol. The van der Waals surface area contributed by atoms with E-state index in [1.165, 1.54) is 12.1 Å². The molecule has 0 saturated carbocycles. The van der Waals surface area contributed by atoms with Crippen molar-refractivity contribution in [3.8, 4) is 11.5 Å². The summed E-state index contributed by atoms with van der Waals surface area (Å²) >= 11 is 3.23. The summed E-state index contributed by atoms with van der Waals surface area (Å²) in [5.41, 5.74) is 7.68. The highest BCUT2D eigenvalue weighted by atomic mass is 79.9. The van der Waals surface area contributed by atoms with Crippen molar-refractivity contribution in [2.24, 2.45) is 5.73 Å². The van der Waals surface area contributed by atoms with E-state index in [4.69, 9.17) is 10.5 Å². The number of halogens is 2. The number of nitrogens with two attached hydrogens (primary N) is 1. The zero-order chi connectivity index (χ0) is 13.1. The van der Waals surface area contributed by atoms with E-state index in [1.807, 2.05) is 25.1 Å². The average Bonchev–Trinajstić information content (AvgIpc) is 2.30. The smallest absolute Gasteiger partial charge is 0.131 e. The van der Waals surface area contributed by atoms with E-state index >= 15 is 0 Å². The van der Waals surface area contributed by atoms with Gasteiger partial charge in [0.05, 0.1) is 0 Å². The summed E-state index contributed by atoms with van der Waals surface area (Å²) in [6.07, 6.45) is 0. The van der Waals surface area contributed by atoms with Gasteiger partial charge in [0.2, 0.25) is 0 Å². The first-order chi connectivity index (χ1) is 8.58. The molecule has 0 aliphatic heterocycles. The van der Waals surface area contributed by atoms with Gasteiger partial charge in [0.1, 0.15) is 17.3 Å². The quantitative estimate of drug-likeness (QED) is 0.924. The van der Waals surface area contributed by atoms with Gasteiger partial charge in [0.25, 0.3) is 0 Å². The molecule has 0 aliphatic rings. The number of ether oxygens (including phenoxy) is 1. The van der Waals surface area contributed by atoms with E-state index in [1.54, 1.807) is 6.07 Å². The molecule has 2 nitrogen and oxygen atoms in total. The maximum atomic E-state index is 13.2. The number of rotatable bonds is 3. The summed E-state index contributed by atoms with van der Waals surface area (Å²) in [6.45, 7) is 2.37. The molecule has 0 atom stereocenters. The van der Waals surface area contributed by atoms with Gasteiger partial charge < -0.3 is 10.5 Å². The van der Waals surface area contributed by atoms with Crippen molar-refractivity contribution in [1.29, 1.82) is 0 Å². The molecule has 0 spiro atoms. The molecule has 0 radical (unpaired) electrons. The lowest BCUT2D eigenvalue weighted by Gasteiger charge is -2.11. The Morgan fingerprint density at radius 1 is 1.22 bits per heavy atom. The van der Waals surface area contributed by atoms with Crippen LogP contribution in [0.2, 0.25) is 0 Å². The van der Waals surface area contributed by atoms with Gasteiger partial charge in [0, 0.05) is 22.6 Å². The van der Waals surface area contributed by atoms with Gasteiger partial charge in [0.15, 0.2) is 0 Å². The molecule has 0 amide bonds. The van der Waals surface area contributed by atoms with Crippen LogP contribution in [0.5, 0.6) is 11.5 Å². The molecule has 0 aromatic heterocycles. The van der Waals surface area contributed by atoms with E-state index in [2.05, 4.69) is 15.9 Å². The number of aryl methyl sites for hydroxylation is 1. The highest BCUT2D eigenvalue weighted by Crippen LogP contribution is 2.28. The zero-order valence-corrected chi connectivity index (χ0v) is 11.5. The maximum absolute atomic E-state index is 13.2. The lowest BCUT2D eigenvalue weighted by Crippen LogP contribution is -2.00. The molecule has 2 aromatic carbocycles. The second-order valence-electron chi connectivity index (χ2n) is 4.02. The third-order valence-electron chi connectivity index (χ3n) is 2.50. The first kappa shape index (κ1) is 13.1. The molecular weight excluding hydrogens is 297 g/mol. The zero-order valence-electron chi connectivity index (χ0n) is 9.91. The van der Waals surface area contributed by atoms with Gasteiger partial charge >= 0.3 is 0 Å². The molecule has 0 aliphatic carbocycles. The third kappa shape index (κ3) is 3.09. The number of benzene rings is 2. The molecule has 2 rings (SSSR count). The third-order valence-corrected chi connectivity index (χ3v) is 2.96. The molecule has 2 aromatic rings. The van der Waals surface area contributed by atoms with Crippen LogP contribution in [0.3, 0.4) is 0 Å². The minimum atomic E-state index is -0.346. The molecule has 0 unspecified atom stereocenters. The van der Waals surface area contributed by atoms with Crippen molar-refractivity contribution in [2.75, 3.05) is 0 Å². The minimum Gasteiger partial charge on any atom is -0.457 e. The predicted octanol–water partition coefficient (Wildman–Crippen LogP) is 4.15. The van der Waals surface area contributed by atoms with Crippen LogP contribution >= 0.6 is 15.9 Å². The van der Waals surface area contributed by atoms with Crippen molar-refractivity contribution in [2.45, 2.75) is 13.5 Å². The lowest BCUT2D eigenvalue weighted by molar-refractivity contribution is 0.470. The first-order valence-corrected chi connectivity index (χ1v) is 6.31. The minimum absolute atomic E-state index is 0.346. The molecule has 94 valence electrons. The van der Waals surface area contributed by atoms with Crippen LogP contribution in [0, 0.1) is 12.7 Å². The van der Waals surface area contributed by atoms with Gasteiger partial charge in [-0.1, -0.05) is 33.6 Å². The topological polar surface area (TPSA) is 35.2 Å². The molecule has 0 saturated heterocycles. The van der Waals surface area contributed by atoms with E-state index < -0.39 is 0 Å². The number of hydrogen-bond donors (Lipinski definition) is 1. The van der Waals surface area contributed by atoms with Crippen molar-refractivity contribution in [3.63, 3.8) is 0 Å². The Kier molecular flexibility index (Phi) is 3.99. The van der Waals surface area contributed by atoms with Crippen LogP contribution in [0.4, 0.5) is 4.39 Å². The number of hydrogen-bond acceptors (Lipinski definition) is 2. The molecular formula is C14H13BrFNO. The Morgan fingerprint density at radius 2 is 2.00 bits per heavy atom. The van der Waals surface area contributed by atoms with Gasteiger partial charge in [-0.2, -0.15) is 0 Å². The molecule has 18 heavy (non-hydrogen) atoms. The Balaban J connectivity index is 2.33. The van der Waals surface area contributed by atoms with Crippen LogP contribution in [0.15, 0.2) is 40.9 Å². The van der Waals surface area contributed by atoms with E-state index in [0.717, 1.165) is 11.1 Å². The summed E-state index contributed by atoms with van der Waals surface area (Å²) in [6, 6.07) is 10.2. The van der Waals surface area contributed by atoms with Crippen LogP contribution < -0.4 is 10.5 Å². The average molecular weight is 310 g/mol. The molecule has 2 N–H and O–H groups in total. The van der Waals surface area contributed by atoms with Crippen molar-refractivity contribution in [3.05, 3.63) is 57.8 Å². The summed E-state index contributed by atoms with van der Waals surface area (Å²) in [5, 5.41) is 0. The van der Waals surface area contributed by atoms with Gasteiger partial charge in [-0.25, -0.2) is 4.39 Å². The highest BCUT2D eigenvalue weighted by molar-refractivity contribution is 9.10. The second-order valence-corrected chi connectivity index (χ2v) is 4.94. The standard InChI is InChI=1S/C14H13BrFNO/c1-9-2-3-14(10(4-9)8-17)18-13-6-11(15)5-12(16)7-13/h2-7H,8,17H2,1H3. The maximum Gasteiger partial charge on any atom is 0.131 e. The van der Waals surface area contributed by atoms with Gasteiger partial charge in [-0.15, -0.1) is 0 Å². The molecule has 0 fully saturated rings. The predicted molar refractivity (Wildman–Crippen MR) is 73.2 cm³/mol. The van der Waals surface area contributed by atoms with Crippen molar-refractivity contribution in [1.82, 2.24) is 0 Å². The Labute approximate surface area is 114 Å².